The normalized spacial score (nSPS) is 19.5. The molecule has 2 rings (SSSR count). The fourth-order valence-electron chi connectivity index (χ4n) is 2.37. The lowest BCUT2D eigenvalue weighted by atomic mass is 9.93. The zero-order valence-electron chi connectivity index (χ0n) is 10.2. The zero-order valence-corrected chi connectivity index (χ0v) is 11.0. The Bertz CT molecular complexity index is 364. The highest BCUT2D eigenvalue weighted by atomic mass is 35.5. The van der Waals surface area contributed by atoms with Crippen LogP contribution in [-0.2, 0) is 9.47 Å². The van der Waals surface area contributed by atoms with E-state index >= 15 is 0 Å². The second-order valence-electron chi connectivity index (χ2n) is 4.58. The van der Waals surface area contributed by atoms with E-state index in [2.05, 4.69) is 25.1 Å². The molecule has 1 atom stereocenters. The van der Waals surface area contributed by atoms with Crippen molar-refractivity contribution in [2.75, 3.05) is 34.1 Å². The summed E-state index contributed by atoms with van der Waals surface area (Å²) in [5, 5.41) is 0.770. The van der Waals surface area contributed by atoms with E-state index in [4.69, 9.17) is 21.1 Å². The second-order valence-corrected chi connectivity index (χ2v) is 5.02. The van der Waals surface area contributed by atoms with Crippen LogP contribution < -0.4 is 0 Å². The first-order valence-electron chi connectivity index (χ1n) is 5.76. The van der Waals surface area contributed by atoms with Crippen molar-refractivity contribution in [3.05, 3.63) is 34.9 Å². The summed E-state index contributed by atoms with van der Waals surface area (Å²) in [6.07, 6.45) is 0. The molecule has 0 amide bonds. The molecule has 1 heterocycles. The van der Waals surface area contributed by atoms with Gasteiger partial charge in [0.2, 0.25) is 0 Å². The van der Waals surface area contributed by atoms with Crippen molar-refractivity contribution >= 4 is 11.6 Å². The standard InChI is InChI=1S/C13H18ClNO2/c1-15(2)13(11-7-16-9-17-8-11)10-4-3-5-12(14)6-10/h3-6,11,13H,7-9H2,1-2H3. The number of rotatable bonds is 3. The van der Waals surface area contributed by atoms with E-state index < -0.39 is 0 Å². The van der Waals surface area contributed by atoms with E-state index in [9.17, 15) is 0 Å². The van der Waals surface area contributed by atoms with Crippen molar-refractivity contribution in [1.82, 2.24) is 4.90 Å². The van der Waals surface area contributed by atoms with E-state index in [-0.39, 0.29) is 6.04 Å². The van der Waals surface area contributed by atoms with Crippen molar-refractivity contribution in [3.63, 3.8) is 0 Å². The summed E-state index contributed by atoms with van der Waals surface area (Å²) in [4.78, 5) is 2.19. The molecule has 0 bridgehead atoms. The average molecular weight is 256 g/mol. The lowest BCUT2D eigenvalue weighted by Gasteiger charge is -2.34. The third kappa shape index (κ3) is 3.19. The van der Waals surface area contributed by atoms with Crippen LogP contribution in [0.5, 0.6) is 0 Å². The van der Waals surface area contributed by atoms with Crippen LogP contribution in [0.1, 0.15) is 11.6 Å². The van der Waals surface area contributed by atoms with Crippen LogP contribution in [0.3, 0.4) is 0 Å². The maximum atomic E-state index is 6.05. The molecule has 1 aromatic rings. The molecule has 1 saturated heterocycles. The van der Waals surface area contributed by atoms with Crippen LogP contribution in [0, 0.1) is 5.92 Å². The van der Waals surface area contributed by atoms with E-state index in [0.29, 0.717) is 12.7 Å². The summed E-state index contributed by atoms with van der Waals surface area (Å²) >= 11 is 6.05. The van der Waals surface area contributed by atoms with Crippen LogP contribution in [0.25, 0.3) is 0 Å². The summed E-state index contributed by atoms with van der Waals surface area (Å²) < 4.78 is 10.8. The molecule has 4 heteroatoms. The third-order valence-corrected chi connectivity index (χ3v) is 3.26. The molecule has 17 heavy (non-hydrogen) atoms. The maximum absolute atomic E-state index is 6.05. The number of hydrogen-bond acceptors (Lipinski definition) is 3. The molecule has 0 aromatic heterocycles. The molecule has 0 aliphatic carbocycles. The minimum Gasteiger partial charge on any atom is -0.355 e. The SMILES string of the molecule is CN(C)C(c1cccc(Cl)c1)C1COCOC1. The number of nitrogens with zero attached hydrogens (tertiary/aromatic N) is 1. The second kappa shape index (κ2) is 5.83. The molecular formula is C13H18ClNO2. The minimum absolute atomic E-state index is 0.272. The molecule has 1 fully saturated rings. The van der Waals surface area contributed by atoms with Gasteiger partial charge in [0.1, 0.15) is 6.79 Å². The molecule has 0 radical (unpaired) electrons. The van der Waals surface area contributed by atoms with Crippen LogP contribution in [0.4, 0.5) is 0 Å². The Hall–Kier alpha value is -0.610. The van der Waals surface area contributed by atoms with E-state index in [1.165, 1.54) is 5.56 Å². The van der Waals surface area contributed by atoms with Gasteiger partial charge in [0.25, 0.3) is 0 Å². The Morgan fingerprint density at radius 2 is 2.00 bits per heavy atom. The summed E-state index contributed by atoms with van der Waals surface area (Å²) in [7, 11) is 4.14. The minimum atomic E-state index is 0.272. The summed E-state index contributed by atoms with van der Waals surface area (Å²) in [5.74, 6) is 0.345. The molecule has 1 aromatic carbocycles. The van der Waals surface area contributed by atoms with Gasteiger partial charge in [0.15, 0.2) is 0 Å². The fourth-order valence-corrected chi connectivity index (χ4v) is 2.57. The number of hydrogen-bond donors (Lipinski definition) is 0. The predicted molar refractivity (Wildman–Crippen MR) is 68.1 cm³/mol. The average Bonchev–Trinajstić information content (AvgIpc) is 2.30. The Kier molecular flexibility index (Phi) is 4.40. The predicted octanol–water partition coefficient (Wildman–Crippen LogP) is 2.56. The van der Waals surface area contributed by atoms with Crippen molar-refractivity contribution in [3.8, 4) is 0 Å². The van der Waals surface area contributed by atoms with Gasteiger partial charge in [-0.3, -0.25) is 0 Å². The molecule has 0 N–H and O–H groups in total. The first-order valence-corrected chi connectivity index (χ1v) is 6.13. The van der Waals surface area contributed by atoms with Gasteiger partial charge in [-0.1, -0.05) is 23.7 Å². The Balaban J connectivity index is 2.21. The van der Waals surface area contributed by atoms with Gasteiger partial charge in [-0.25, -0.2) is 0 Å². The van der Waals surface area contributed by atoms with Crippen molar-refractivity contribution in [1.29, 1.82) is 0 Å². The highest BCUT2D eigenvalue weighted by molar-refractivity contribution is 6.30. The summed E-state index contributed by atoms with van der Waals surface area (Å²) in [6.45, 7) is 1.87. The Morgan fingerprint density at radius 3 is 2.59 bits per heavy atom. The monoisotopic (exact) mass is 255 g/mol. The van der Waals surface area contributed by atoms with E-state index in [1.807, 2.05) is 18.2 Å². The molecule has 1 unspecified atom stereocenters. The van der Waals surface area contributed by atoms with E-state index in [0.717, 1.165) is 18.2 Å². The Morgan fingerprint density at radius 1 is 1.29 bits per heavy atom. The van der Waals surface area contributed by atoms with Gasteiger partial charge in [-0.15, -0.1) is 0 Å². The maximum Gasteiger partial charge on any atom is 0.146 e. The fraction of sp³-hybridized carbons (Fsp3) is 0.538. The van der Waals surface area contributed by atoms with Gasteiger partial charge >= 0.3 is 0 Å². The number of halogens is 1. The van der Waals surface area contributed by atoms with Gasteiger partial charge in [-0.2, -0.15) is 0 Å². The topological polar surface area (TPSA) is 21.7 Å². The van der Waals surface area contributed by atoms with Crippen LogP contribution in [0.15, 0.2) is 24.3 Å². The number of ether oxygens (including phenoxy) is 2. The quantitative estimate of drug-likeness (QED) is 0.829. The highest BCUT2D eigenvalue weighted by Crippen LogP contribution is 2.30. The van der Waals surface area contributed by atoms with Gasteiger partial charge in [0, 0.05) is 17.0 Å². The molecule has 3 nitrogen and oxygen atoms in total. The summed E-state index contributed by atoms with van der Waals surface area (Å²) in [5.41, 5.74) is 1.21. The molecule has 1 aliphatic rings. The van der Waals surface area contributed by atoms with Crippen molar-refractivity contribution < 1.29 is 9.47 Å². The van der Waals surface area contributed by atoms with Crippen LogP contribution in [-0.4, -0.2) is 39.0 Å². The van der Waals surface area contributed by atoms with Crippen LogP contribution in [0.2, 0.25) is 5.02 Å². The molecule has 0 spiro atoms. The lowest BCUT2D eigenvalue weighted by Crippen LogP contribution is -2.36. The smallest absolute Gasteiger partial charge is 0.146 e. The Labute approximate surface area is 107 Å². The molecule has 1 aliphatic heterocycles. The molecular weight excluding hydrogens is 238 g/mol. The van der Waals surface area contributed by atoms with Crippen LogP contribution >= 0.6 is 11.6 Å². The van der Waals surface area contributed by atoms with Crippen molar-refractivity contribution in [2.24, 2.45) is 5.92 Å². The zero-order chi connectivity index (χ0) is 12.3. The first kappa shape index (κ1) is 12.8. The van der Waals surface area contributed by atoms with Gasteiger partial charge < -0.3 is 14.4 Å². The first-order chi connectivity index (χ1) is 8.18. The lowest BCUT2D eigenvalue weighted by molar-refractivity contribution is -0.139. The van der Waals surface area contributed by atoms with Gasteiger partial charge in [0.05, 0.1) is 13.2 Å². The molecule has 0 saturated carbocycles. The number of benzene rings is 1. The van der Waals surface area contributed by atoms with Crippen molar-refractivity contribution in [2.45, 2.75) is 6.04 Å². The largest absolute Gasteiger partial charge is 0.355 e. The summed E-state index contributed by atoms with van der Waals surface area (Å²) in [6, 6.07) is 8.27. The molecule has 94 valence electrons. The van der Waals surface area contributed by atoms with Gasteiger partial charge in [-0.05, 0) is 31.8 Å². The highest BCUT2D eigenvalue weighted by Gasteiger charge is 2.27. The third-order valence-electron chi connectivity index (χ3n) is 3.02. The van der Waals surface area contributed by atoms with E-state index in [1.54, 1.807) is 0 Å².